The molecule has 0 radical (unpaired) electrons. The van der Waals surface area contributed by atoms with E-state index >= 15 is 4.79 Å². The smallest absolute Gasteiger partial charge is 0.204 e. The van der Waals surface area contributed by atoms with Gasteiger partial charge in [0.2, 0.25) is 5.75 Å². The molecule has 2 saturated carbocycles. The minimum absolute atomic E-state index is 0.00776. The number of rotatable bonds is 10. The Balaban J connectivity index is 0.873. The number of aliphatic hydroxyl groups is 2. The van der Waals surface area contributed by atoms with Crippen molar-refractivity contribution in [1.82, 2.24) is 10.3 Å². The minimum Gasteiger partial charge on any atom is -0.508 e. The lowest BCUT2D eigenvalue weighted by Crippen LogP contribution is -2.62. The molecule has 14 heteroatoms. The number of aromatic nitrogens is 1. The maximum Gasteiger partial charge on any atom is 0.204 e. The molecule has 9 atom stereocenters. The molecular weight excluding hydrogens is 1240 g/mol. The SMILES string of the molecule is COc1c2c(c3oc(-c4ccc(O)cc4)cc(=O)c3c1OCC[C@@H](O)/C=C/c1ccccc1)CCc1cccc(c1)-c1cc3[nH]c1N1CCNC[C@@H]1[C@]1(C[C@]45CCc6c7ccccc7cc7ccc(c4c67)C=C[C@@H]5[C@@H]1C#CC[C@H]1CCC[C@@]31C)c1ccc(c(N=C(N)N)c1)C[C@H](CO)CO2. The Morgan fingerprint density at radius 1 is 0.880 bits per heavy atom. The summed E-state index contributed by atoms with van der Waals surface area (Å²) < 4.78 is 27.3. The second kappa shape index (κ2) is 25.3. The van der Waals surface area contributed by atoms with Crippen LogP contribution in [0.1, 0.15) is 102 Å². The number of aryl methyl sites for hydroxylation is 3. The zero-order chi connectivity index (χ0) is 68.0. The standard InChI is InChI=1S/C86H84N6O8/c1-84-36-10-17-60(84)16-9-19-69-68-33-27-55-22-23-59-43-57-14-6-7-18-64(57)65-34-37-85(68,77(55)75(59)65)50-86(69)61-28-24-58(70(44-61)90-83(87)88)42-53(48-93)49-99-79-66(32-21-52-13-8-15-56(41-52)67-45-73(84)91-82(67)92-39-38-89-47-74(86)92)78-76(71(96)46-72(100-78)54-25-30-62(94)31-26-54)80(81(79)97-2)98-40-35-63(95)29-20-51-11-4-3-5-12-51/h3-8,11-15,18,20,22-31,33,41,43-46,53,60,63,68-69,74,89,91,93-95H,10,16-17,21,32,34-40,42,47-50H2,1-2H3,(H4,87,88,90)/b29-20+/t53-,60+,63+,68-,69+,74-,84-,85+,86-/m1/s1. The average Bonchev–Trinajstić information content (AvgIpc) is 1.49. The molecule has 1 saturated heterocycles. The summed E-state index contributed by atoms with van der Waals surface area (Å²) in [5, 5.41) is 42.9. The first-order valence-electron chi connectivity index (χ1n) is 35.8. The van der Waals surface area contributed by atoms with E-state index < -0.39 is 17.4 Å². The number of fused-ring (bicyclic) bond motifs is 13. The number of allylic oxidation sites excluding steroid dienone is 1. The predicted molar refractivity (Wildman–Crippen MR) is 398 cm³/mol. The van der Waals surface area contributed by atoms with Crippen molar-refractivity contribution < 1.29 is 33.9 Å². The van der Waals surface area contributed by atoms with Crippen molar-refractivity contribution in [1.29, 1.82) is 0 Å². The summed E-state index contributed by atoms with van der Waals surface area (Å²) in [6, 6.07) is 51.8. The molecule has 9 N–H and O–H groups in total. The van der Waals surface area contributed by atoms with Gasteiger partial charge in [0, 0.05) is 102 Å². The maximum absolute atomic E-state index is 15.1. The molecular formula is C86H84N6O8. The molecule has 10 aromatic rings. The van der Waals surface area contributed by atoms with Crippen molar-refractivity contribution in [3.8, 4) is 57.3 Å². The number of hydrogen-bond donors (Lipinski definition) is 7. The third kappa shape index (κ3) is 10.6. The van der Waals surface area contributed by atoms with E-state index in [9.17, 15) is 15.3 Å². The summed E-state index contributed by atoms with van der Waals surface area (Å²) in [5.74, 6) is 10.0. The van der Waals surface area contributed by atoms with Gasteiger partial charge in [-0.15, -0.1) is 5.92 Å². The van der Waals surface area contributed by atoms with Crippen molar-refractivity contribution >= 4 is 62.1 Å². The molecule has 506 valence electrons. The van der Waals surface area contributed by atoms with Gasteiger partial charge in [-0.1, -0.05) is 147 Å². The first-order valence-corrected chi connectivity index (χ1v) is 35.8. The topological polar surface area (TPSA) is 214 Å². The van der Waals surface area contributed by atoms with Crippen LogP contribution >= 0.6 is 0 Å². The fourth-order valence-corrected chi connectivity index (χ4v) is 19.1. The zero-order valence-electron chi connectivity index (χ0n) is 56.7. The van der Waals surface area contributed by atoms with E-state index in [1.54, 1.807) is 30.3 Å². The third-order valence-corrected chi connectivity index (χ3v) is 23.9. The van der Waals surface area contributed by atoms with Crippen molar-refractivity contribution in [3.63, 3.8) is 0 Å². The zero-order valence-corrected chi connectivity index (χ0v) is 56.7. The fraction of sp³-hybridized carbons (Fsp3) is 0.326. The van der Waals surface area contributed by atoms with Gasteiger partial charge in [0.05, 0.1) is 38.2 Å². The van der Waals surface area contributed by atoms with Crippen molar-refractivity contribution in [2.24, 2.45) is 40.1 Å². The molecule has 2 aromatic heterocycles. The van der Waals surface area contributed by atoms with Gasteiger partial charge in [-0.2, -0.15) is 0 Å². The number of hydrogen-bond acceptors (Lipinski definition) is 11. The van der Waals surface area contributed by atoms with E-state index in [2.05, 4.69) is 137 Å². The van der Waals surface area contributed by atoms with Gasteiger partial charge in [0.15, 0.2) is 22.9 Å². The van der Waals surface area contributed by atoms with Crippen molar-refractivity contribution in [3.05, 3.63) is 224 Å². The van der Waals surface area contributed by atoms with Crippen LogP contribution in [0.5, 0.6) is 23.0 Å². The Hall–Kier alpha value is -10.0. The number of aromatic hydroxyl groups is 1. The predicted octanol–water partition coefficient (Wildman–Crippen LogP) is 14.3. The molecule has 4 aliphatic heterocycles. The van der Waals surface area contributed by atoms with Gasteiger partial charge in [-0.05, 0) is 166 Å². The van der Waals surface area contributed by atoms with Crippen LogP contribution in [0, 0.1) is 35.5 Å². The highest BCUT2D eigenvalue weighted by atomic mass is 16.5. The number of H-pyrrole nitrogens is 1. The van der Waals surface area contributed by atoms with Crippen LogP contribution in [0.2, 0.25) is 0 Å². The second-order valence-electron chi connectivity index (χ2n) is 29.3. The van der Waals surface area contributed by atoms with E-state index in [0.29, 0.717) is 54.3 Å². The number of piperazine rings is 1. The number of anilines is 1. The molecule has 14 nitrogen and oxygen atoms in total. The number of ether oxygens (including phenoxy) is 3. The number of nitrogens with zero attached hydrogens (tertiary/aromatic N) is 2. The highest BCUT2D eigenvalue weighted by molar-refractivity contribution is 6.06. The summed E-state index contributed by atoms with van der Waals surface area (Å²) >= 11 is 0. The lowest BCUT2D eigenvalue weighted by Gasteiger charge is -2.51. The summed E-state index contributed by atoms with van der Waals surface area (Å²) in [5.41, 5.74) is 25.3. The average molecular weight is 1330 g/mol. The molecule has 8 aliphatic rings. The Bertz CT molecular complexity index is 5120. The molecule has 3 fully saturated rings. The van der Waals surface area contributed by atoms with Gasteiger partial charge < -0.3 is 60.6 Å². The molecule has 2 spiro atoms. The number of guanidine groups is 1. The number of aliphatic hydroxyl groups excluding tert-OH is 2. The highest BCUT2D eigenvalue weighted by Crippen LogP contribution is 2.68. The van der Waals surface area contributed by atoms with Crippen LogP contribution in [0.4, 0.5) is 11.5 Å². The number of phenols is 1. The normalized spacial score (nSPS) is 24.4. The van der Waals surface area contributed by atoms with E-state index in [1.807, 2.05) is 36.4 Å². The van der Waals surface area contributed by atoms with Crippen LogP contribution in [0.25, 0.3) is 67.1 Å². The van der Waals surface area contributed by atoms with Gasteiger partial charge in [0.25, 0.3) is 0 Å². The van der Waals surface area contributed by atoms with E-state index in [1.165, 1.54) is 57.1 Å². The highest BCUT2D eigenvalue weighted by Gasteiger charge is 2.66. The number of nitrogens with one attached hydrogen (secondary N) is 2. The molecule has 8 aromatic carbocycles. The van der Waals surface area contributed by atoms with Crippen molar-refractivity contribution in [2.75, 3.05) is 51.5 Å². The molecule has 6 heterocycles. The maximum atomic E-state index is 15.1. The molecule has 0 unspecified atom stereocenters. The Kier molecular flexibility index (Phi) is 16.0. The van der Waals surface area contributed by atoms with Crippen LogP contribution in [0.3, 0.4) is 0 Å². The largest absolute Gasteiger partial charge is 0.508 e. The fourth-order valence-electron chi connectivity index (χ4n) is 19.1. The quantitative estimate of drug-likeness (QED) is 0.0295. The van der Waals surface area contributed by atoms with Crippen LogP contribution in [-0.2, 0) is 41.9 Å². The van der Waals surface area contributed by atoms with E-state index in [0.717, 1.165) is 97.2 Å². The number of benzene rings is 8. The van der Waals surface area contributed by atoms with Crippen LogP contribution in [0.15, 0.2) is 178 Å². The van der Waals surface area contributed by atoms with Gasteiger partial charge in [-0.25, -0.2) is 4.99 Å². The lowest BCUT2D eigenvalue weighted by molar-refractivity contribution is 0.157. The van der Waals surface area contributed by atoms with Gasteiger partial charge in [-0.3, -0.25) is 4.79 Å². The number of phenolic OH excluding ortho intramolecular Hbond substituents is 1. The van der Waals surface area contributed by atoms with Crippen LogP contribution < -0.4 is 41.3 Å². The molecule has 4 aliphatic carbocycles. The monoisotopic (exact) mass is 1330 g/mol. The Labute approximate surface area is 582 Å². The number of aliphatic imine (C=N–C) groups is 1. The number of nitrogens with two attached hydrogens (primary N) is 2. The third-order valence-electron chi connectivity index (χ3n) is 23.9. The summed E-state index contributed by atoms with van der Waals surface area (Å²) in [6.45, 7) is 4.39. The van der Waals surface area contributed by atoms with Gasteiger partial charge >= 0.3 is 0 Å². The molecule has 0 amide bonds. The van der Waals surface area contributed by atoms with E-state index in [4.69, 9.17) is 35.1 Å². The molecule has 7 bridgehead atoms. The number of methoxy groups -OCH3 is 1. The Morgan fingerprint density at radius 3 is 2.59 bits per heavy atom. The lowest BCUT2D eigenvalue weighted by atomic mass is 9.59. The first-order chi connectivity index (χ1) is 48.8. The summed E-state index contributed by atoms with van der Waals surface area (Å²) in [7, 11) is 1.53. The second-order valence-corrected chi connectivity index (χ2v) is 29.3. The van der Waals surface area contributed by atoms with Crippen LogP contribution in [-0.4, -0.2) is 85.0 Å². The molecule has 100 heavy (non-hydrogen) atoms. The summed E-state index contributed by atoms with van der Waals surface area (Å²) in [4.78, 5) is 27.2. The Morgan fingerprint density at radius 2 is 1.74 bits per heavy atom. The number of aromatic amines is 1. The first kappa shape index (κ1) is 63.4. The van der Waals surface area contributed by atoms with Crippen molar-refractivity contribution in [2.45, 2.75) is 106 Å². The van der Waals surface area contributed by atoms with Gasteiger partial charge in [0.1, 0.15) is 28.3 Å². The molecule has 18 rings (SSSR count). The van der Waals surface area contributed by atoms with E-state index in [-0.39, 0.29) is 100 Å². The summed E-state index contributed by atoms with van der Waals surface area (Å²) in [6.07, 6.45) is 15.7. The minimum atomic E-state index is -0.885.